The predicted molar refractivity (Wildman–Crippen MR) is 54.9 cm³/mol. The van der Waals surface area contributed by atoms with Crippen molar-refractivity contribution in [1.82, 2.24) is 0 Å². The molecule has 3 heteroatoms. The molecule has 13 heavy (non-hydrogen) atoms. The Hall–Kier alpha value is -0.570. The number of Topliss-reactive ketones (excluding diaryl/α,β-unsaturated/α-hetero) is 2. The highest BCUT2D eigenvalue weighted by Crippen LogP contribution is 2.37. The van der Waals surface area contributed by atoms with Crippen molar-refractivity contribution in [2.75, 3.05) is 5.75 Å². The molecule has 0 aromatic heterocycles. The van der Waals surface area contributed by atoms with Gasteiger partial charge in [-0.1, -0.05) is 11.6 Å². The molecule has 0 N–H and O–H groups in total. The third-order valence-corrected chi connectivity index (χ3v) is 4.26. The van der Waals surface area contributed by atoms with Gasteiger partial charge in [0.2, 0.25) is 0 Å². The number of thioether (sulfide) groups is 1. The highest BCUT2D eigenvalue weighted by molar-refractivity contribution is 8.02. The smallest absolute Gasteiger partial charge is 0.153 e. The van der Waals surface area contributed by atoms with Gasteiger partial charge in [0.15, 0.2) is 11.6 Å². The highest BCUT2D eigenvalue weighted by atomic mass is 32.2. The molecule has 0 aromatic carbocycles. The largest absolute Gasteiger partial charge is 0.298 e. The van der Waals surface area contributed by atoms with E-state index in [9.17, 15) is 9.59 Å². The van der Waals surface area contributed by atoms with Gasteiger partial charge in [-0.3, -0.25) is 9.59 Å². The van der Waals surface area contributed by atoms with E-state index in [4.69, 9.17) is 0 Å². The standard InChI is InChI=1S/C10H14O2S/c1-7-4-5-10(8(2)11,9(3)12)13-6-7/h4H,5-6H2,1-3H3. The molecule has 0 atom stereocenters. The maximum Gasteiger partial charge on any atom is 0.153 e. The Balaban J connectivity index is 2.96. The summed E-state index contributed by atoms with van der Waals surface area (Å²) < 4.78 is -0.778. The molecule has 0 aromatic rings. The van der Waals surface area contributed by atoms with Crippen LogP contribution in [0.1, 0.15) is 27.2 Å². The van der Waals surface area contributed by atoms with E-state index in [-0.39, 0.29) is 11.6 Å². The van der Waals surface area contributed by atoms with Crippen LogP contribution in [-0.4, -0.2) is 22.1 Å². The van der Waals surface area contributed by atoms with Gasteiger partial charge in [-0.15, -0.1) is 11.8 Å². The lowest BCUT2D eigenvalue weighted by molar-refractivity contribution is -0.128. The molecule has 2 nitrogen and oxygen atoms in total. The van der Waals surface area contributed by atoms with Crippen molar-refractivity contribution in [2.24, 2.45) is 0 Å². The Morgan fingerprint density at radius 1 is 1.38 bits per heavy atom. The number of carbonyl (C=O) groups is 2. The summed E-state index contributed by atoms with van der Waals surface area (Å²) in [6, 6.07) is 0. The Morgan fingerprint density at radius 3 is 2.23 bits per heavy atom. The van der Waals surface area contributed by atoms with Gasteiger partial charge in [-0.25, -0.2) is 0 Å². The Bertz CT molecular complexity index is 265. The van der Waals surface area contributed by atoms with Gasteiger partial charge in [0.25, 0.3) is 0 Å². The highest BCUT2D eigenvalue weighted by Gasteiger charge is 2.41. The maximum absolute atomic E-state index is 11.4. The molecule has 0 bridgehead atoms. The molecule has 1 aliphatic rings. The molecular weight excluding hydrogens is 184 g/mol. The minimum atomic E-state index is -0.778. The molecular formula is C10H14O2S. The van der Waals surface area contributed by atoms with Gasteiger partial charge in [0.1, 0.15) is 4.75 Å². The molecule has 1 heterocycles. The topological polar surface area (TPSA) is 34.1 Å². The molecule has 72 valence electrons. The second kappa shape index (κ2) is 3.66. The summed E-state index contributed by atoms with van der Waals surface area (Å²) in [4.78, 5) is 22.8. The van der Waals surface area contributed by atoms with Gasteiger partial charge in [0, 0.05) is 5.75 Å². The van der Waals surface area contributed by atoms with E-state index in [1.807, 2.05) is 13.0 Å². The Morgan fingerprint density at radius 2 is 1.92 bits per heavy atom. The molecule has 0 unspecified atom stereocenters. The lowest BCUT2D eigenvalue weighted by Crippen LogP contribution is -2.42. The fraction of sp³-hybridized carbons (Fsp3) is 0.600. The summed E-state index contributed by atoms with van der Waals surface area (Å²) in [6.45, 7) is 5.03. The van der Waals surface area contributed by atoms with Crippen molar-refractivity contribution in [3.63, 3.8) is 0 Å². The first kappa shape index (κ1) is 10.5. The van der Waals surface area contributed by atoms with E-state index in [0.29, 0.717) is 6.42 Å². The zero-order valence-corrected chi connectivity index (χ0v) is 9.03. The molecule has 1 rings (SSSR count). The molecule has 0 saturated heterocycles. The van der Waals surface area contributed by atoms with Crippen molar-refractivity contribution in [3.05, 3.63) is 11.6 Å². The van der Waals surface area contributed by atoms with Crippen LogP contribution in [-0.2, 0) is 9.59 Å². The van der Waals surface area contributed by atoms with Crippen LogP contribution in [0.3, 0.4) is 0 Å². The minimum absolute atomic E-state index is 0.0197. The molecule has 0 radical (unpaired) electrons. The number of allylic oxidation sites excluding steroid dienone is 1. The zero-order chi connectivity index (χ0) is 10.1. The van der Waals surface area contributed by atoms with Crippen molar-refractivity contribution in [1.29, 1.82) is 0 Å². The van der Waals surface area contributed by atoms with Gasteiger partial charge in [-0.2, -0.15) is 0 Å². The fourth-order valence-electron chi connectivity index (χ4n) is 1.41. The summed E-state index contributed by atoms with van der Waals surface area (Å²) in [5.74, 6) is 0.751. The quantitative estimate of drug-likeness (QED) is 0.502. The number of hydrogen-bond donors (Lipinski definition) is 0. The summed E-state index contributed by atoms with van der Waals surface area (Å²) >= 11 is 1.47. The first-order chi connectivity index (χ1) is 5.99. The van der Waals surface area contributed by atoms with Crippen LogP contribution in [0.15, 0.2) is 11.6 Å². The average Bonchev–Trinajstić information content (AvgIpc) is 2.04. The maximum atomic E-state index is 11.4. The number of hydrogen-bond acceptors (Lipinski definition) is 3. The molecule has 0 amide bonds. The Labute approximate surface area is 82.8 Å². The third-order valence-electron chi connectivity index (χ3n) is 2.42. The first-order valence-electron chi connectivity index (χ1n) is 4.31. The van der Waals surface area contributed by atoms with Crippen molar-refractivity contribution < 1.29 is 9.59 Å². The molecule has 0 fully saturated rings. The van der Waals surface area contributed by atoms with Crippen LogP contribution in [0, 0.1) is 0 Å². The molecule has 0 saturated carbocycles. The summed E-state index contributed by atoms with van der Waals surface area (Å²) in [6.07, 6.45) is 2.56. The number of carbonyl (C=O) groups excluding carboxylic acids is 2. The number of ketones is 2. The summed E-state index contributed by atoms with van der Waals surface area (Å²) in [7, 11) is 0. The molecule has 0 spiro atoms. The lowest BCUT2D eigenvalue weighted by atomic mass is 9.94. The average molecular weight is 198 g/mol. The van der Waals surface area contributed by atoms with E-state index in [0.717, 1.165) is 5.75 Å². The predicted octanol–water partition coefficient (Wildman–Crippen LogP) is 1.99. The lowest BCUT2D eigenvalue weighted by Gasteiger charge is -2.30. The number of rotatable bonds is 2. The van der Waals surface area contributed by atoms with E-state index < -0.39 is 4.75 Å². The second-order valence-corrected chi connectivity index (χ2v) is 4.76. The van der Waals surface area contributed by atoms with Gasteiger partial charge >= 0.3 is 0 Å². The van der Waals surface area contributed by atoms with Crippen LogP contribution < -0.4 is 0 Å². The van der Waals surface area contributed by atoms with E-state index >= 15 is 0 Å². The van der Waals surface area contributed by atoms with Crippen LogP contribution in [0.5, 0.6) is 0 Å². The van der Waals surface area contributed by atoms with Gasteiger partial charge in [0.05, 0.1) is 0 Å². The van der Waals surface area contributed by atoms with Crippen molar-refractivity contribution in [2.45, 2.75) is 31.9 Å². The van der Waals surface area contributed by atoms with Crippen LogP contribution >= 0.6 is 11.8 Å². The van der Waals surface area contributed by atoms with Gasteiger partial charge in [-0.05, 0) is 27.2 Å². The summed E-state index contributed by atoms with van der Waals surface area (Å²) in [5, 5.41) is 0. The monoisotopic (exact) mass is 198 g/mol. The Kier molecular flexibility index (Phi) is 2.96. The van der Waals surface area contributed by atoms with E-state index in [1.54, 1.807) is 0 Å². The second-order valence-electron chi connectivity index (χ2n) is 3.48. The minimum Gasteiger partial charge on any atom is -0.298 e. The molecule has 0 aliphatic carbocycles. The van der Waals surface area contributed by atoms with E-state index in [1.165, 1.54) is 31.2 Å². The van der Waals surface area contributed by atoms with Crippen LogP contribution in [0.25, 0.3) is 0 Å². The summed E-state index contributed by atoms with van der Waals surface area (Å²) in [5.41, 5.74) is 1.25. The van der Waals surface area contributed by atoms with Crippen LogP contribution in [0.4, 0.5) is 0 Å². The van der Waals surface area contributed by atoms with Crippen molar-refractivity contribution >= 4 is 23.3 Å². The third kappa shape index (κ3) is 1.85. The zero-order valence-electron chi connectivity index (χ0n) is 8.22. The first-order valence-corrected chi connectivity index (χ1v) is 5.29. The van der Waals surface area contributed by atoms with E-state index in [2.05, 4.69) is 0 Å². The molecule has 1 aliphatic heterocycles. The normalized spacial score (nSPS) is 20.7. The van der Waals surface area contributed by atoms with Crippen LogP contribution in [0.2, 0.25) is 0 Å². The SMILES string of the molecule is CC(=O)C1(C(C)=O)CC=C(C)CS1. The van der Waals surface area contributed by atoms with Crippen molar-refractivity contribution in [3.8, 4) is 0 Å². The van der Waals surface area contributed by atoms with Gasteiger partial charge < -0.3 is 0 Å². The fourth-order valence-corrected chi connectivity index (χ4v) is 2.61.